The van der Waals surface area contributed by atoms with Gasteiger partial charge in [0.25, 0.3) is 5.91 Å². The van der Waals surface area contributed by atoms with E-state index >= 15 is 0 Å². The fraction of sp³-hybridized carbons (Fsp3) is 0.0476. The second-order valence-corrected chi connectivity index (χ2v) is 6.29. The van der Waals surface area contributed by atoms with E-state index in [0.717, 1.165) is 11.1 Å². The Balaban J connectivity index is 1.90. The molecule has 3 aromatic carbocycles. The van der Waals surface area contributed by atoms with Gasteiger partial charge >= 0.3 is 0 Å². The Kier molecular flexibility index (Phi) is 4.81. The molecular formula is C21H21N5O. The molecule has 0 saturated heterocycles. The maximum absolute atomic E-state index is 12.6. The van der Waals surface area contributed by atoms with Crippen LogP contribution in [0.4, 0.5) is 22.7 Å². The zero-order valence-corrected chi connectivity index (χ0v) is 14.9. The van der Waals surface area contributed by atoms with E-state index in [1.165, 1.54) is 0 Å². The average molecular weight is 359 g/mol. The smallest absolute Gasteiger partial charge is 0.256 e. The topological polar surface area (TPSA) is 131 Å². The van der Waals surface area contributed by atoms with Crippen molar-refractivity contribution in [3.8, 4) is 0 Å². The van der Waals surface area contributed by atoms with E-state index in [2.05, 4.69) is 5.32 Å². The average Bonchev–Trinajstić information content (AvgIpc) is 2.66. The van der Waals surface area contributed by atoms with Crippen molar-refractivity contribution >= 4 is 34.4 Å². The molecule has 0 aliphatic carbocycles. The third-order valence-corrected chi connectivity index (χ3v) is 4.32. The monoisotopic (exact) mass is 359 g/mol. The summed E-state index contributed by atoms with van der Waals surface area (Å²) in [5.74, 6) is -0.304. The minimum atomic E-state index is -0.304. The molecule has 0 saturated carbocycles. The summed E-state index contributed by atoms with van der Waals surface area (Å²) in [4.78, 5) is 12.6. The maximum Gasteiger partial charge on any atom is 0.256 e. The van der Waals surface area contributed by atoms with Gasteiger partial charge in [-0.15, -0.1) is 0 Å². The van der Waals surface area contributed by atoms with Crippen LogP contribution in [-0.4, -0.2) is 11.6 Å². The van der Waals surface area contributed by atoms with Crippen LogP contribution in [0, 0.1) is 12.3 Å². The molecular weight excluding hydrogens is 338 g/mol. The van der Waals surface area contributed by atoms with Crippen LogP contribution in [0.25, 0.3) is 0 Å². The lowest BCUT2D eigenvalue weighted by molar-refractivity contribution is 0.102. The highest BCUT2D eigenvalue weighted by molar-refractivity contribution is 6.15. The van der Waals surface area contributed by atoms with Crippen molar-refractivity contribution < 1.29 is 4.79 Å². The van der Waals surface area contributed by atoms with Crippen LogP contribution >= 0.6 is 0 Å². The summed E-state index contributed by atoms with van der Waals surface area (Å²) in [6, 6.07) is 17.6. The molecule has 0 fully saturated rings. The molecule has 6 nitrogen and oxygen atoms in total. The van der Waals surface area contributed by atoms with Crippen LogP contribution in [-0.2, 0) is 0 Å². The molecule has 0 aromatic heterocycles. The quantitative estimate of drug-likeness (QED) is 0.361. The molecule has 3 rings (SSSR count). The van der Waals surface area contributed by atoms with Crippen LogP contribution in [0.5, 0.6) is 0 Å². The zero-order valence-electron chi connectivity index (χ0n) is 14.9. The number of anilines is 4. The highest BCUT2D eigenvalue weighted by Crippen LogP contribution is 2.24. The number of nitrogen functional groups attached to an aromatic ring is 3. The van der Waals surface area contributed by atoms with E-state index in [1.807, 2.05) is 30.3 Å². The number of hydrogen-bond acceptors (Lipinski definition) is 5. The van der Waals surface area contributed by atoms with E-state index in [4.69, 9.17) is 22.6 Å². The molecule has 27 heavy (non-hydrogen) atoms. The summed E-state index contributed by atoms with van der Waals surface area (Å²) in [7, 11) is 0. The number of carbonyl (C=O) groups excluding carboxylic acids is 1. The van der Waals surface area contributed by atoms with Crippen molar-refractivity contribution in [2.75, 3.05) is 22.5 Å². The maximum atomic E-state index is 12.6. The minimum absolute atomic E-state index is 0.289. The van der Waals surface area contributed by atoms with E-state index in [1.54, 1.807) is 37.3 Å². The highest BCUT2D eigenvalue weighted by Gasteiger charge is 2.14. The number of hydrogen-bond donors (Lipinski definition) is 5. The van der Waals surface area contributed by atoms with E-state index in [9.17, 15) is 4.79 Å². The van der Waals surface area contributed by atoms with Crippen LogP contribution in [0.3, 0.4) is 0 Å². The van der Waals surface area contributed by atoms with Crippen molar-refractivity contribution in [3.63, 3.8) is 0 Å². The van der Waals surface area contributed by atoms with E-state index in [0.29, 0.717) is 33.9 Å². The van der Waals surface area contributed by atoms with Gasteiger partial charge in [0.05, 0.1) is 17.1 Å². The predicted octanol–water partition coefficient (Wildman–Crippen LogP) is 3.41. The van der Waals surface area contributed by atoms with Crippen LogP contribution in [0.1, 0.15) is 27.0 Å². The molecule has 0 bridgehead atoms. The molecule has 3 aromatic rings. The lowest BCUT2D eigenvalue weighted by Gasteiger charge is -2.13. The van der Waals surface area contributed by atoms with Crippen molar-refractivity contribution in [2.45, 2.75) is 6.92 Å². The molecule has 1 amide bonds. The summed E-state index contributed by atoms with van der Waals surface area (Å²) < 4.78 is 0. The first kappa shape index (κ1) is 18.0. The van der Waals surface area contributed by atoms with Gasteiger partial charge in [0.2, 0.25) is 0 Å². The van der Waals surface area contributed by atoms with Gasteiger partial charge in [0, 0.05) is 28.1 Å². The van der Waals surface area contributed by atoms with Crippen molar-refractivity contribution in [1.82, 2.24) is 0 Å². The molecule has 0 atom stereocenters. The van der Waals surface area contributed by atoms with Gasteiger partial charge in [0.15, 0.2) is 0 Å². The summed E-state index contributed by atoms with van der Waals surface area (Å²) in [5, 5.41) is 11.2. The highest BCUT2D eigenvalue weighted by atomic mass is 16.1. The van der Waals surface area contributed by atoms with Crippen molar-refractivity contribution in [3.05, 3.63) is 82.9 Å². The van der Waals surface area contributed by atoms with Crippen molar-refractivity contribution in [2.24, 2.45) is 0 Å². The van der Waals surface area contributed by atoms with Gasteiger partial charge in [-0.25, -0.2) is 0 Å². The second kappa shape index (κ2) is 7.21. The number of aryl methyl sites for hydroxylation is 1. The third-order valence-electron chi connectivity index (χ3n) is 4.32. The largest absolute Gasteiger partial charge is 0.398 e. The number of nitrogens with one attached hydrogen (secondary N) is 2. The SMILES string of the molecule is Cc1cc(N)c(N)cc1C(=O)Nc1ccc(N)c(C(=N)c2ccccc2)c1. The second-order valence-electron chi connectivity index (χ2n) is 6.29. The predicted molar refractivity (Wildman–Crippen MR) is 111 cm³/mol. The number of carbonyl (C=O) groups is 1. The van der Waals surface area contributed by atoms with Crippen LogP contribution in [0.2, 0.25) is 0 Å². The Hall–Kier alpha value is -3.80. The standard InChI is InChI=1S/C21H21N5O/c1-12-9-18(23)19(24)11-15(12)21(27)26-14-7-8-17(22)16(10-14)20(25)13-5-3-2-4-6-13/h2-11,25H,22-24H2,1H3,(H,26,27). The summed E-state index contributed by atoms with van der Waals surface area (Å²) in [5.41, 5.74) is 22.2. The number of nitrogens with two attached hydrogens (primary N) is 3. The molecule has 0 unspecified atom stereocenters. The van der Waals surface area contributed by atoms with Crippen LogP contribution < -0.4 is 22.5 Å². The Labute approximate surface area is 157 Å². The minimum Gasteiger partial charge on any atom is -0.398 e. The normalized spacial score (nSPS) is 10.4. The lowest BCUT2D eigenvalue weighted by atomic mass is 10.00. The Morgan fingerprint density at radius 2 is 1.52 bits per heavy atom. The zero-order chi connectivity index (χ0) is 19.6. The molecule has 6 heteroatoms. The van der Waals surface area contributed by atoms with Gasteiger partial charge in [-0.05, 0) is 42.8 Å². The van der Waals surface area contributed by atoms with E-state index < -0.39 is 0 Å². The van der Waals surface area contributed by atoms with Gasteiger partial charge < -0.3 is 22.5 Å². The first-order valence-electron chi connectivity index (χ1n) is 8.37. The molecule has 0 aliphatic rings. The fourth-order valence-electron chi connectivity index (χ4n) is 2.80. The molecule has 0 radical (unpaired) electrons. The van der Waals surface area contributed by atoms with Gasteiger partial charge in [0.1, 0.15) is 0 Å². The summed E-state index contributed by atoms with van der Waals surface area (Å²) >= 11 is 0. The summed E-state index contributed by atoms with van der Waals surface area (Å²) in [6.45, 7) is 1.80. The number of benzene rings is 3. The molecule has 0 heterocycles. The Morgan fingerprint density at radius 1 is 0.852 bits per heavy atom. The van der Waals surface area contributed by atoms with Gasteiger partial charge in [-0.2, -0.15) is 0 Å². The molecule has 0 aliphatic heterocycles. The number of rotatable bonds is 4. The van der Waals surface area contributed by atoms with Gasteiger partial charge in [-0.3, -0.25) is 10.2 Å². The molecule has 0 spiro atoms. The molecule has 8 N–H and O–H groups in total. The first-order valence-corrected chi connectivity index (χ1v) is 8.37. The van der Waals surface area contributed by atoms with Crippen molar-refractivity contribution in [1.29, 1.82) is 5.41 Å². The fourth-order valence-corrected chi connectivity index (χ4v) is 2.80. The van der Waals surface area contributed by atoms with Gasteiger partial charge in [-0.1, -0.05) is 30.3 Å². The van der Waals surface area contributed by atoms with E-state index in [-0.39, 0.29) is 11.6 Å². The Morgan fingerprint density at radius 3 is 2.22 bits per heavy atom. The molecule has 136 valence electrons. The summed E-state index contributed by atoms with van der Waals surface area (Å²) in [6.07, 6.45) is 0. The first-order chi connectivity index (χ1) is 12.9. The number of amides is 1. The Bertz CT molecular complexity index is 1030. The van der Waals surface area contributed by atoms with Crippen LogP contribution in [0.15, 0.2) is 60.7 Å². The lowest BCUT2D eigenvalue weighted by Crippen LogP contribution is -2.15. The third kappa shape index (κ3) is 3.74.